The molecule has 0 aliphatic carbocycles. The minimum atomic E-state index is -1.21. The van der Waals surface area contributed by atoms with Gasteiger partial charge in [-0.1, -0.05) is 0 Å². The van der Waals surface area contributed by atoms with E-state index in [1.807, 2.05) is 0 Å². The van der Waals surface area contributed by atoms with Crippen molar-refractivity contribution in [1.29, 1.82) is 0 Å². The topological polar surface area (TPSA) is 0 Å². The van der Waals surface area contributed by atoms with Gasteiger partial charge in [-0.3, -0.25) is 0 Å². The van der Waals surface area contributed by atoms with Crippen LogP contribution in [0, 0.1) is 0 Å². The SMILES string of the molecule is C[As+](C)(C)Cc1ccccc1. The first-order valence-electron chi connectivity index (χ1n) is 3.92. The Bertz CT molecular complexity index is 208. The van der Waals surface area contributed by atoms with Crippen molar-refractivity contribution in [1.82, 2.24) is 0 Å². The van der Waals surface area contributed by atoms with Crippen molar-refractivity contribution >= 4 is 13.6 Å². The molecular weight excluding hydrogens is 195 g/mol. The van der Waals surface area contributed by atoms with E-state index in [1.165, 1.54) is 10.8 Å². The van der Waals surface area contributed by atoms with E-state index in [0.717, 1.165) is 0 Å². The molecule has 11 heavy (non-hydrogen) atoms. The van der Waals surface area contributed by atoms with Crippen molar-refractivity contribution in [3.8, 4) is 0 Å². The van der Waals surface area contributed by atoms with Gasteiger partial charge in [0.15, 0.2) is 0 Å². The zero-order valence-corrected chi connectivity index (χ0v) is 9.42. The van der Waals surface area contributed by atoms with Gasteiger partial charge in [-0.15, -0.1) is 0 Å². The van der Waals surface area contributed by atoms with Crippen molar-refractivity contribution in [3.63, 3.8) is 0 Å². The molecule has 0 atom stereocenters. The second-order valence-electron chi connectivity index (χ2n) is 3.93. The molecule has 0 saturated carbocycles. The zero-order chi connectivity index (χ0) is 8.32. The Morgan fingerprint density at radius 1 is 1.00 bits per heavy atom. The van der Waals surface area contributed by atoms with Gasteiger partial charge in [0, 0.05) is 0 Å². The molecule has 1 aromatic rings. The van der Waals surface area contributed by atoms with Gasteiger partial charge >= 0.3 is 71.8 Å². The molecule has 0 amide bonds. The third-order valence-corrected chi connectivity index (χ3v) is 4.26. The first kappa shape index (κ1) is 8.87. The van der Waals surface area contributed by atoms with Crippen molar-refractivity contribution in [2.24, 2.45) is 0 Å². The Hall–Kier alpha value is -0.222. The molecule has 1 aromatic carbocycles. The summed E-state index contributed by atoms with van der Waals surface area (Å²) in [6, 6.07) is 10.8. The summed E-state index contributed by atoms with van der Waals surface area (Å²) in [5, 5.41) is 1.33. The summed E-state index contributed by atoms with van der Waals surface area (Å²) in [4.78, 5) is 0. The maximum atomic E-state index is 2.44. The van der Waals surface area contributed by atoms with Gasteiger partial charge < -0.3 is 0 Å². The molecule has 0 N–H and O–H groups in total. The number of hydrogen-bond donors (Lipinski definition) is 0. The van der Waals surface area contributed by atoms with Gasteiger partial charge in [-0.05, 0) is 0 Å². The van der Waals surface area contributed by atoms with Crippen LogP contribution in [0.3, 0.4) is 0 Å². The number of rotatable bonds is 2. The summed E-state index contributed by atoms with van der Waals surface area (Å²) in [6.45, 7) is 0. The maximum absolute atomic E-state index is 2.44. The monoisotopic (exact) mass is 211 g/mol. The molecule has 0 heterocycles. The predicted molar refractivity (Wildman–Crippen MR) is 53.5 cm³/mol. The fourth-order valence-corrected chi connectivity index (χ4v) is 3.87. The van der Waals surface area contributed by atoms with E-state index < -0.39 is 13.6 Å². The van der Waals surface area contributed by atoms with Crippen LogP contribution in [0.5, 0.6) is 0 Å². The van der Waals surface area contributed by atoms with Crippen LogP contribution in [0.15, 0.2) is 30.3 Å². The summed E-state index contributed by atoms with van der Waals surface area (Å²) in [7, 11) is 0. The van der Waals surface area contributed by atoms with Gasteiger partial charge in [-0.25, -0.2) is 0 Å². The molecule has 60 valence electrons. The van der Waals surface area contributed by atoms with E-state index in [2.05, 4.69) is 47.5 Å². The first-order valence-corrected chi connectivity index (χ1v) is 10.9. The molecule has 1 rings (SSSR count). The van der Waals surface area contributed by atoms with Crippen molar-refractivity contribution in [2.75, 3.05) is 0 Å². The predicted octanol–water partition coefficient (Wildman–Crippen LogP) is 3.11. The number of hydrogen-bond acceptors (Lipinski definition) is 0. The fraction of sp³-hybridized carbons (Fsp3) is 0.400. The molecule has 1 heteroatoms. The summed E-state index contributed by atoms with van der Waals surface area (Å²) in [5.74, 6) is 0. The normalized spacial score (nSPS) is 11.5. The van der Waals surface area contributed by atoms with Crippen molar-refractivity contribution in [2.45, 2.75) is 22.3 Å². The number of benzene rings is 1. The summed E-state index contributed by atoms with van der Waals surface area (Å²) in [6.07, 6.45) is 0. The standard InChI is InChI=1S/C10H16As/c1-11(2,3)9-10-7-5-4-6-8-10/h4-8H,9H2,1-3H3/q+1. The second-order valence-corrected chi connectivity index (χ2v) is 14.2. The summed E-state index contributed by atoms with van der Waals surface area (Å²) < 4.78 is 0. The molecule has 0 aliphatic rings. The van der Waals surface area contributed by atoms with Crippen molar-refractivity contribution < 1.29 is 0 Å². The second kappa shape index (κ2) is 3.45. The van der Waals surface area contributed by atoms with E-state index in [0.29, 0.717) is 0 Å². The Morgan fingerprint density at radius 2 is 1.55 bits per heavy atom. The molecule has 0 bridgehead atoms. The molecule has 0 saturated heterocycles. The molecule has 0 spiro atoms. The van der Waals surface area contributed by atoms with E-state index in [-0.39, 0.29) is 0 Å². The molecule has 0 aromatic heterocycles. The zero-order valence-electron chi connectivity index (χ0n) is 7.54. The van der Waals surface area contributed by atoms with E-state index in [9.17, 15) is 0 Å². The van der Waals surface area contributed by atoms with E-state index >= 15 is 0 Å². The Labute approximate surface area is 72.1 Å². The van der Waals surface area contributed by atoms with Gasteiger partial charge in [0.1, 0.15) is 0 Å². The van der Waals surface area contributed by atoms with Gasteiger partial charge in [0.05, 0.1) is 0 Å². The van der Waals surface area contributed by atoms with Crippen LogP contribution in [0.2, 0.25) is 17.1 Å². The van der Waals surface area contributed by atoms with Crippen LogP contribution in [0.4, 0.5) is 0 Å². The summed E-state index contributed by atoms with van der Waals surface area (Å²) in [5.41, 5.74) is 8.81. The Morgan fingerprint density at radius 3 is 2.00 bits per heavy atom. The third kappa shape index (κ3) is 3.62. The van der Waals surface area contributed by atoms with Gasteiger partial charge in [0.25, 0.3) is 0 Å². The van der Waals surface area contributed by atoms with E-state index in [4.69, 9.17) is 0 Å². The molecule has 0 fully saturated rings. The van der Waals surface area contributed by atoms with Crippen LogP contribution in [0.25, 0.3) is 0 Å². The third-order valence-electron chi connectivity index (χ3n) is 1.50. The van der Waals surface area contributed by atoms with Crippen LogP contribution in [-0.2, 0) is 5.21 Å². The van der Waals surface area contributed by atoms with Crippen LogP contribution < -0.4 is 0 Å². The molecule has 0 nitrogen and oxygen atoms in total. The Kier molecular flexibility index (Phi) is 2.78. The van der Waals surface area contributed by atoms with Crippen molar-refractivity contribution in [3.05, 3.63) is 35.9 Å². The molecular formula is C10H16As+. The van der Waals surface area contributed by atoms with Crippen LogP contribution >= 0.6 is 0 Å². The average Bonchev–Trinajstić information content (AvgIpc) is 1.85. The van der Waals surface area contributed by atoms with Gasteiger partial charge in [0.2, 0.25) is 0 Å². The molecule has 0 radical (unpaired) electrons. The fourth-order valence-electron chi connectivity index (χ4n) is 1.13. The van der Waals surface area contributed by atoms with Gasteiger partial charge in [-0.2, -0.15) is 0 Å². The van der Waals surface area contributed by atoms with Crippen LogP contribution in [-0.4, -0.2) is 13.6 Å². The first-order chi connectivity index (χ1) is 5.08. The average molecular weight is 211 g/mol. The quantitative estimate of drug-likeness (QED) is 0.659. The molecule has 0 aliphatic heterocycles. The van der Waals surface area contributed by atoms with Crippen LogP contribution in [0.1, 0.15) is 5.56 Å². The molecule has 0 unspecified atom stereocenters. The summed E-state index contributed by atoms with van der Waals surface area (Å²) >= 11 is -1.21. The van der Waals surface area contributed by atoms with E-state index in [1.54, 1.807) is 0 Å². The minimum absolute atomic E-state index is 1.21. The Balaban J connectivity index is 2.66.